The number of nitrogens with zero attached hydrogens (tertiary/aromatic N) is 5. The maximum Gasteiger partial charge on any atom is 0.272 e. The number of benzene rings is 2. The Morgan fingerprint density at radius 1 is 1.00 bits per heavy atom. The van der Waals surface area contributed by atoms with Gasteiger partial charge in [-0.2, -0.15) is 10.2 Å². The van der Waals surface area contributed by atoms with Gasteiger partial charge in [0, 0.05) is 27.7 Å². The van der Waals surface area contributed by atoms with Gasteiger partial charge in [0.15, 0.2) is 5.69 Å². The fourth-order valence-electron chi connectivity index (χ4n) is 4.70. The Labute approximate surface area is 224 Å². The molecule has 2 heterocycles. The van der Waals surface area contributed by atoms with Crippen LogP contribution in [0.5, 0.6) is 0 Å². The van der Waals surface area contributed by atoms with E-state index >= 15 is 0 Å². The number of carbonyl (C=O) groups excluding carboxylic acids is 1. The molecule has 2 aromatic heterocycles. The molecule has 0 saturated heterocycles. The van der Waals surface area contributed by atoms with Crippen LogP contribution in [0.1, 0.15) is 48.2 Å². The molecule has 0 radical (unpaired) electrons. The standard InChI is InChI=1S/C26H25Cl3N6O/c27-19-8-6-18(7-9-19)25-21(14-34-16-30-15-32-34)24(26(36)31-13-17-4-2-1-3-5-17)33-35(25)23-11-10-20(28)12-22(23)29/h6-12,15-17H,1-5,13-14H2,(H,31,36). The Morgan fingerprint density at radius 2 is 1.75 bits per heavy atom. The minimum atomic E-state index is -0.227. The zero-order chi connectivity index (χ0) is 25.1. The lowest BCUT2D eigenvalue weighted by Gasteiger charge is -2.21. The van der Waals surface area contributed by atoms with Crippen molar-refractivity contribution in [2.45, 2.75) is 38.6 Å². The number of carbonyl (C=O) groups is 1. The van der Waals surface area contributed by atoms with Crippen LogP contribution in [0, 0.1) is 5.92 Å². The Morgan fingerprint density at radius 3 is 2.44 bits per heavy atom. The molecule has 0 spiro atoms. The normalized spacial score (nSPS) is 14.2. The third-order valence-electron chi connectivity index (χ3n) is 6.52. The minimum Gasteiger partial charge on any atom is -0.350 e. The van der Waals surface area contributed by atoms with E-state index in [4.69, 9.17) is 39.9 Å². The number of halogens is 3. The van der Waals surface area contributed by atoms with E-state index in [0.717, 1.165) is 18.4 Å². The van der Waals surface area contributed by atoms with E-state index in [0.29, 0.717) is 56.7 Å². The Hall–Kier alpha value is -2.87. The van der Waals surface area contributed by atoms with Crippen LogP contribution in [-0.2, 0) is 6.54 Å². The maximum atomic E-state index is 13.6. The van der Waals surface area contributed by atoms with Gasteiger partial charge in [0.05, 0.1) is 22.9 Å². The van der Waals surface area contributed by atoms with Crippen molar-refractivity contribution in [3.8, 4) is 16.9 Å². The number of hydrogen-bond acceptors (Lipinski definition) is 4. The van der Waals surface area contributed by atoms with Crippen molar-refractivity contribution in [2.75, 3.05) is 6.54 Å². The molecular weight excluding hydrogens is 519 g/mol. The smallest absolute Gasteiger partial charge is 0.272 e. The lowest BCUT2D eigenvalue weighted by Crippen LogP contribution is -2.31. The molecule has 1 fully saturated rings. The van der Waals surface area contributed by atoms with Gasteiger partial charge in [-0.05, 0) is 49.1 Å². The van der Waals surface area contributed by atoms with Gasteiger partial charge in [0.25, 0.3) is 5.91 Å². The van der Waals surface area contributed by atoms with Crippen LogP contribution < -0.4 is 5.32 Å². The van der Waals surface area contributed by atoms with Crippen LogP contribution in [0.15, 0.2) is 55.1 Å². The monoisotopic (exact) mass is 542 g/mol. The van der Waals surface area contributed by atoms with Crippen LogP contribution in [0.3, 0.4) is 0 Å². The van der Waals surface area contributed by atoms with Crippen molar-refractivity contribution in [3.63, 3.8) is 0 Å². The minimum absolute atomic E-state index is 0.227. The molecule has 0 atom stereocenters. The first-order valence-electron chi connectivity index (χ1n) is 11.9. The number of hydrogen-bond donors (Lipinski definition) is 1. The summed E-state index contributed by atoms with van der Waals surface area (Å²) in [4.78, 5) is 17.6. The van der Waals surface area contributed by atoms with Gasteiger partial charge in [-0.1, -0.05) is 66.2 Å². The summed E-state index contributed by atoms with van der Waals surface area (Å²) in [6.07, 6.45) is 9.04. The quantitative estimate of drug-likeness (QED) is 0.291. The molecule has 7 nitrogen and oxygen atoms in total. The molecule has 1 saturated carbocycles. The van der Waals surface area contributed by atoms with E-state index in [9.17, 15) is 4.79 Å². The maximum absolute atomic E-state index is 13.6. The van der Waals surface area contributed by atoms with E-state index in [1.54, 1.807) is 46.0 Å². The highest BCUT2D eigenvalue weighted by atomic mass is 35.5. The largest absolute Gasteiger partial charge is 0.350 e. The summed E-state index contributed by atoms with van der Waals surface area (Å²) >= 11 is 18.9. The molecule has 186 valence electrons. The number of nitrogens with one attached hydrogen (secondary N) is 1. The van der Waals surface area contributed by atoms with E-state index in [1.165, 1.54) is 25.6 Å². The lowest BCUT2D eigenvalue weighted by atomic mass is 9.89. The van der Waals surface area contributed by atoms with Gasteiger partial charge < -0.3 is 5.32 Å². The van der Waals surface area contributed by atoms with E-state index < -0.39 is 0 Å². The van der Waals surface area contributed by atoms with E-state index in [1.807, 2.05) is 12.1 Å². The molecule has 1 N–H and O–H groups in total. The molecule has 0 unspecified atom stereocenters. The molecule has 1 aliphatic rings. The number of amides is 1. The van der Waals surface area contributed by atoms with Crippen LogP contribution in [0.2, 0.25) is 15.1 Å². The topological polar surface area (TPSA) is 77.6 Å². The van der Waals surface area contributed by atoms with Gasteiger partial charge in [0.2, 0.25) is 0 Å². The molecular formula is C26H25Cl3N6O. The second-order valence-corrected chi connectivity index (χ2v) is 10.3. The average Bonchev–Trinajstić information content (AvgIpc) is 3.52. The highest BCUT2D eigenvalue weighted by molar-refractivity contribution is 6.35. The van der Waals surface area contributed by atoms with Crippen molar-refractivity contribution >= 4 is 40.7 Å². The molecule has 1 amide bonds. The highest BCUT2D eigenvalue weighted by Gasteiger charge is 2.27. The van der Waals surface area contributed by atoms with Gasteiger partial charge >= 0.3 is 0 Å². The summed E-state index contributed by atoms with van der Waals surface area (Å²) < 4.78 is 3.37. The second kappa shape index (κ2) is 11.0. The fourth-order valence-corrected chi connectivity index (χ4v) is 5.32. The first-order valence-corrected chi connectivity index (χ1v) is 13.1. The van der Waals surface area contributed by atoms with Crippen molar-refractivity contribution in [2.24, 2.45) is 5.92 Å². The predicted molar refractivity (Wildman–Crippen MR) is 142 cm³/mol. The summed E-state index contributed by atoms with van der Waals surface area (Å²) in [5.74, 6) is 0.264. The van der Waals surface area contributed by atoms with Crippen molar-refractivity contribution in [1.29, 1.82) is 0 Å². The predicted octanol–water partition coefficient (Wildman–Crippen LogP) is 6.45. The summed E-state index contributed by atoms with van der Waals surface area (Å²) in [6, 6.07) is 12.6. The van der Waals surface area contributed by atoms with Crippen molar-refractivity contribution in [1.82, 2.24) is 29.9 Å². The van der Waals surface area contributed by atoms with Gasteiger partial charge in [-0.15, -0.1) is 0 Å². The van der Waals surface area contributed by atoms with Gasteiger partial charge in [-0.25, -0.2) is 14.3 Å². The summed E-state index contributed by atoms with van der Waals surface area (Å²) in [5, 5.41) is 13.7. The van der Waals surface area contributed by atoms with Crippen LogP contribution in [0.4, 0.5) is 0 Å². The third kappa shape index (κ3) is 5.43. The second-order valence-electron chi connectivity index (χ2n) is 9.00. The first-order chi connectivity index (χ1) is 17.5. The molecule has 0 aliphatic heterocycles. The van der Waals surface area contributed by atoms with Gasteiger partial charge in [-0.3, -0.25) is 4.79 Å². The van der Waals surface area contributed by atoms with Crippen molar-refractivity contribution in [3.05, 3.63) is 81.4 Å². The van der Waals surface area contributed by atoms with Crippen LogP contribution in [0.25, 0.3) is 16.9 Å². The van der Waals surface area contributed by atoms with E-state index in [-0.39, 0.29) is 5.91 Å². The van der Waals surface area contributed by atoms with Crippen molar-refractivity contribution < 1.29 is 4.79 Å². The Bertz CT molecular complexity index is 1350. The summed E-state index contributed by atoms with van der Waals surface area (Å²) in [5.41, 5.74) is 3.18. The number of rotatable bonds is 7. The van der Waals surface area contributed by atoms with Crippen LogP contribution in [-0.4, -0.2) is 37.0 Å². The molecule has 10 heteroatoms. The summed E-state index contributed by atoms with van der Waals surface area (Å²) in [6.45, 7) is 0.932. The van der Waals surface area contributed by atoms with Crippen LogP contribution >= 0.6 is 34.8 Å². The third-order valence-corrected chi connectivity index (χ3v) is 7.31. The average molecular weight is 544 g/mol. The first kappa shape index (κ1) is 24.8. The SMILES string of the molecule is O=C(NCC1CCCCC1)c1nn(-c2ccc(Cl)cc2Cl)c(-c2ccc(Cl)cc2)c1Cn1cncn1. The fraction of sp³-hybridized carbons (Fsp3) is 0.308. The molecule has 1 aliphatic carbocycles. The number of aromatic nitrogens is 5. The molecule has 4 aromatic rings. The van der Waals surface area contributed by atoms with Gasteiger partial charge in [0.1, 0.15) is 12.7 Å². The zero-order valence-electron chi connectivity index (χ0n) is 19.5. The zero-order valence-corrected chi connectivity index (χ0v) is 21.8. The Balaban J connectivity index is 1.63. The molecule has 0 bridgehead atoms. The lowest BCUT2D eigenvalue weighted by molar-refractivity contribution is 0.0937. The molecule has 36 heavy (non-hydrogen) atoms. The molecule has 5 rings (SSSR count). The highest BCUT2D eigenvalue weighted by Crippen LogP contribution is 2.34. The Kier molecular flexibility index (Phi) is 7.60. The summed E-state index contributed by atoms with van der Waals surface area (Å²) in [7, 11) is 0. The van der Waals surface area contributed by atoms with E-state index in [2.05, 4.69) is 15.4 Å². The molecule has 2 aromatic carbocycles.